The van der Waals surface area contributed by atoms with Crippen LogP contribution in [0.5, 0.6) is 0 Å². The van der Waals surface area contributed by atoms with Gasteiger partial charge >= 0.3 is 0 Å². The summed E-state index contributed by atoms with van der Waals surface area (Å²) in [6.45, 7) is 2.05. The van der Waals surface area contributed by atoms with E-state index in [1.165, 1.54) is 5.57 Å². The third-order valence-electron chi connectivity index (χ3n) is 1.31. The van der Waals surface area contributed by atoms with E-state index in [9.17, 15) is 0 Å². The second-order valence-corrected chi connectivity index (χ2v) is 2.72. The van der Waals surface area contributed by atoms with Gasteiger partial charge < -0.3 is 4.90 Å². The smallest absolute Gasteiger partial charge is 0.122 e. The number of nitrogens with zero attached hydrogens (tertiary/aromatic N) is 1. The molecule has 1 unspecified atom stereocenters. The Morgan fingerprint density at radius 2 is 2.33 bits per heavy atom. The van der Waals surface area contributed by atoms with Crippen LogP contribution in [-0.4, -0.2) is 17.4 Å². The van der Waals surface area contributed by atoms with E-state index in [0.29, 0.717) is 0 Å². The third-order valence-corrected chi connectivity index (χ3v) is 1.77. The summed E-state index contributed by atoms with van der Waals surface area (Å²) in [6.07, 6.45) is 6.02. The van der Waals surface area contributed by atoms with Crippen LogP contribution in [0.4, 0.5) is 0 Å². The highest BCUT2D eigenvalue weighted by molar-refractivity contribution is 6.21. The summed E-state index contributed by atoms with van der Waals surface area (Å²) in [4.78, 5) is 1.97. The summed E-state index contributed by atoms with van der Waals surface area (Å²) in [6, 6.07) is 0. The Balaban J connectivity index is 2.70. The minimum atomic E-state index is 0.0358. The van der Waals surface area contributed by atoms with Gasteiger partial charge in [-0.1, -0.05) is 17.7 Å². The van der Waals surface area contributed by atoms with Crippen molar-refractivity contribution in [3.8, 4) is 0 Å². The molecule has 1 aliphatic rings. The number of alkyl halides is 1. The normalized spacial score (nSPS) is 26.3. The van der Waals surface area contributed by atoms with Crippen LogP contribution in [0, 0.1) is 0 Å². The van der Waals surface area contributed by atoms with Gasteiger partial charge in [0.25, 0.3) is 0 Å². The van der Waals surface area contributed by atoms with Gasteiger partial charge in [0.15, 0.2) is 0 Å². The SMILES string of the molecule is CC1=CN(C)C(Cl)C=C1. The van der Waals surface area contributed by atoms with Gasteiger partial charge in [0.05, 0.1) is 0 Å². The average molecular weight is 144 g/mol. The van der Waals surface area contributed by atoms with Gasteiger partial charge in [-0.15, -0.1) is 0 Å². The van der Waals surface area contributed by atoms with Gasteiger partial charge in [0.1, 0.15) is 5.50 Å². The van der Waals surface area contributed by atoms with Crippen LogP contribution in [0.15, 0.2) is 23.9 Å². The maximum atomic E-state index is 5.83. The second-order valence-electron chi connectivity index (χ2n) is 2.27. The molecule has 0 spiro atoms. The number of rotatable bonds is 0. The molecule has 2 heteroatoms. The molecule has 0 saturated heterocycles. The summed E-state index contributed by atoms with van der Waals surface area (Å²) in [5.74, 6) is 0. The number of allylic oxidation sites excluding steroid dienone is 2. The number of hydrogen-bond acceptors (Lipinski definition) is 1. The predicted molar refractivity (Wildman–Crippen MR) is 40.3 cm³/mol. The molecule has 50 valence electrons. The van der Waals surface area contributed by atoms with Crippen molar-refractivity contribution in [2.45, 2.75) is 12.4 Å². The summed E-state index contributed by atoms with van der Waals surface area (Å²) in [7, 11) is 1.96. The molecule has 0 aromatic carbocycles. The Hall–Kier alpha value is -0.430. The van der Waals surface area contributed by atoms with Gasteiger partial charge in [-0.25, -0.2) is 0 Å². The monoisotopic (exact) mass is 143 g/mol. The van der Waals surface area contributed by atoms with Gasteiger partial charge in [-0.05, 0) is 18.6 Å². The fourth-order valence-electron chi connectivity index (χ4n) is 0.802. The Labute approximate surface area is 60.6 Å². The molecule has 1 rings (SSSR count). The van der Waals surface area contributed by atoms with Gasteiger partial charge in [-0.2, -0.15) is 0 Å². The highest BCUT2D eigenvalue weighted by atomic mass is 35.5. The Morgan fingerprint density at radius 1 is 1.67 bits per heavy atom. The van der Waals surface area contributed by atoms with E-state index >= 15 is 0 Å². The fraction of sp³-hybridized carbons (Fsp3) is 0.429. The largest absolute Gasteiger partial charge is 0.361 e. The standard InChI is InChI=1S/C7H10ClN/c1-6-3-4-7(8)9(2)5-6/h3-5,7H,1-2H3. The van der Waals surface area contributed by atoms with Crippen LogP contribution in [0.1, 0.15) is 6.92 Å². The zero-order valence-electron chi connectivity index (χ0n) is 5.63. The van der Waals surface area contributed by atoms with Crippen LogP contribution in [0.2, 0.25) is 0 Å². The van der Waals surface area contributed by atoms with E-state index in [0.717, 1.165) is 0 Å². The number of halogens is 1. The van der Waals surface area contributed by atoms with Crippen molar-refractivity contribution in [1.82, 2.24) is 4.90 Å². The molecule has 0 radical (unpaired) electrons. The second kappa shape index (κ2) is 2.44. The molecule has 1 atom stereocenters. The van der Waals surface area contributed by atoms with Crippen molar-refractivity contribution in [2.75, 3.05) is 7.05 Å². The van der Waals surface area contributed by atoms with Crippen LogP contribution in [0.25, 0.3) is 0 Å². The molecule has 0 saturated carbocycles. The molecule has 1 aliphatic heterocycles. The molecule has 1 nitrogen and oxygen atoms in total. The quantitative estimate of drug-likeness (QED) is 0.370. The van der Waals surface area contributed by atoms with Crippen molar-refractivity contribution < 1.29 is 0 Å². The first-order valence-electron chi connectivity index (χ1n) is 2.93. The van der Waals surface area contributed by atoms with E-state index in [2.05, 4.69) is 6.92 Å². The Bertz CT molecular complexity index is 160. The summed E-state index contributed by atoms with van der Waals surface area (Å²) < 4.78 is 0. The molecule has 0 amide bonds. The predicted octanol–water partition coefficient (Wildman–Crippen LogP) is 1.96. The minimum Gasteiger partial charge on any atom is -0.361 e. The lowest BCUT2D eigenvalue weighted by molar-refractivity contribution is 0.463. The van der Waals surface area contributed by atoms with Gasteiger partial charge in [0.2, 0.25) is 0 Å². The van der Waals surface area contributed by atoms with Crippen molar-refractivity contribution in [3.05, 3.63) is 23.9 Å². The number of hydrogen-bond donors (Lipinski definition) is 0. The minimum absolute atomic E-state index is 0.0358. The summed E-state index contributed by atoms with van der Waals surface area (Å²) in [5.41, 5.74) is 1.28. The van der Waals surface area contributed by atoms with Crippen molar-refractivity contribution in [1.29, 1.82) is 0 Å². The van der Waals surface area contributed by atoms with Crippen LogP contribution in [-0.2, 0) is 0 Å². The van der Waals surface area contributed by atoms with E-state index in [1.54, 1.807) is 0 Å². The first kappa shape index (κ1) is 6.69. The zero-order chi connectivity index (χ0) is 6.85. The van der Waals surface area contributed by atoms with Gasteiger partial charge in [-0.3, -0.25) is 0 Å². The Morgan fingerprint density at radius 3 is 2.78 bits per heavy atom. The van der Waals surface area contributed by atoms with Crippen molar-refractivity contribution in [2.24, 2.45) is 0 Å². The molecule has 0 fully saturated rings. The highest BCUT2D eigenvalue weighted by Crippen LogP contribution is 2.13. The summed E-state index contributed by atoms with van der Waals surface area (Å²) in [5, 5.41) is 0. The lowest BCUT2D eigenvalue weighted by atomic mass is 10.2. The molecular weight excluding hydrogens is 134 g/mol. The molecule has 0 aromatic rings. The van der Waals surface area contributed by atoms with Crippen LogP contribution >= 0.6 is 11.6 Å². The number of likely N-dealkylation sites (N-methyl/N-ethyl adjacent to an activating group) is 1. The fourth-order valence-corrected chi connectivity index (χ4v) is 0.931. The molecule has 1 heterocycles. The van der Waals surface area contributed by atoms with Crippen molar-refractivity contribution in [3.63, 3.8) is 0 Å². The first-order valence-corrected chi connectivity index (χ1v) is 3.36. The first-order chi connectivity index (χ1) is 4.20. The van der Waals surface area contributed by atoms with E-state index in [4.69, 9.17) is 11.6 Å². The Kier molecular flexibility index (Phi) is 1.81. The lowest BCUT2D eigenvalue weighted by Gasteiger charge is -2.21. The maximum Gasteiger partial charge on any atom is 0.122 e. The highest BCUT2D eigenvalue weighted by Gasteiger charge is 2.06. The zero-order valence-corrected chi connectivity index (χ0v) is 6.39. The maximum absolute atomic E-state index is 5.83. The van der Waals surface area contributed by atoms with Crippen molar-refractivity contribution >= 4 is 11.6 Å². The van der Waals surface area contributed by atoms with E-state index < -0.39 is 0 Å². The average Bonchev–Trinajstić information content (AvgIpc) is 1.80. The van der Waals surface area contributed by atoms with Gasteiger partial charge in [0, 0.05) is 13.2 Å². The van der Waals surface area contributed by atoms with Crippen LogP contribution in [0.3, 0.4) is 0 Å². The topological polar surface area (TPSA) is 3.24 Å². The molecule has 9 heavy (non-hydrogen) atoms. The van der Waals surface area contributed by atoms with E-state index in [-0.39, 0.29) is 5.50 Å². The molecule has 0 aromatic heterocycles. The molecule has 0 aliphatic carbocycles. The van der Waals surface area contributed by atoms with Crippen LogP contribution < -0.4 is 0 Å². The molecular formula is C7H10ClN. The summed E-state index contributed by atoms with van der Waals surface area (Å²) >= 11 is 5.83. The molecule has 0 N–H and O–H groups in total. The van der Waals surface area contributed by atoms with E-state index in [1.807, 2.05) is 30.3 Å². The molecule has 0 bridgehead atoms. The third kappa shape index (κ3) is 1.49. The lowest BCUT2D eigenvalue weighted by Crippen LogP contribution is -2.21.